The number of rotatable bonds is 4. The van der Waals surface area contributed by atoms with Gasteiger partial charge in [0.15, 0.2) is 0 Å². The number of halogens is 2. The summed E-state index contributed by atoms with van der Waals surface area (Å²) in [6.07, 6.45) is 3.65. The highest BCUT2D eigenvalue weighted by molar-refractivity contribution is 9.10. The van der Waals surface area contributed by atoms with E-state index in [2.05, 4.69) is 26.2 Å². The van der Waals surface area contributed by atoms with E-state index in [0.717, 1.165) is 33.8 Å². The highest BCUT2D eigenvalue weighted by Gasteiger charge is 2.02. The predicted octanol–water partition coefficient (Wildman–Crippen LogP) is 3.13. The molecular formula is C12H13BrClN3. The Morgan fingerprint density at radius 1 is 1.41 bits per heavy atom. The molecule has 0 saturated heterocycles. The molecule has 90 valence electrons. The van der Waals surface area contributed by atoms with E-state index in [1.165, 1.54) is 0 Å². The number of hydrogen-bond acceptors (Lipinski definition) is 2. The molecule has 2 aromatic rings. The van der Waals surface area contributed by atoms with Crippen LogP contribution in [0.15, 0.2) is 35.2 Å². The third-order valence-corrected chi connectivity index (χ3v) is 3.40. The van der Waals surface area contributed by atoms with Gasteiger partial charge in [-0.2, -0.15) is 0 Å². The number of aryl methyl sites for hydroxylation is 1. The van der Waals surface area contributed by atoms with Crippen molar-refractivity contribution in [3.05, 3.63) is 51.5 Å². The number of aromatic nitrogens is 2. The molecule has 3 nitrogen and oxygen atoms in total. The molecular weight excluding hydrogens is 302 g/mol. The van der Waals surface area contributed by atoms with Crippen LogP contribution in [0.1, 0.15) is 11.3 Å². The molecule has 2 rings (SSSR count). The quantitative estimate of drug-likeness (QED) is 0.939. The molecule has 0 aliphatic carbocycles. The highest BCUT2D eigenvalue weighted by atomic mass is 79.9. The topological polar surface area (TPSA) is 29.9 Å². The molecule has 0 spiro atoms. The number of nitrogens with zero attached hydrogens (tertiary/aromatic N) is 2. The van der Waals surface area contributed by atoms with Gasteiger partial charge in [-0.1, -0.05) is 33.6 Å². The molecule has 0 saturated carbocycles. The molecule has 1 heterocycles. The molecule has 1 aromatic carbocycles. The molecule has 0 amide bonds. The first-order valence-electron chi connectivity index (χ1n) is 5.26. The van der Waals surface area contributed by atoms with Crippen LogP contribution in [0.25, 0.3) is 0 Å². The summed E-state index contributed by atoms with van der Waals surface area (Å²) in [5.41, 5.74) is 2.25. The Bertz CT molecular complexity index is 510. The second-order valence-corrected chi connectivity index (χ2v) is 5.16. The van der Waals surface area contributed by atoms with Gasteiger partial charge in [0, 0.05) is 35.8 Å². The lowest BCUT2D eigenvalue weighted by atomic mass is 10.2. The normalized spacial score (nSPS) is 10.8. The van der Waals surface area contributed by atoms with Crippen LogP contribution < -0.4 is 5.32 Å². The molecule has 1 aromatic heterocycles. The summed E-state index contributed by atoms with van der Waals surface area (Å²) >= 11 is 9.52. The molecule has 0 radical (unpaired) electrons. The van der Waals surface area contributed by atoms with Gasteiger partial charge in [0.2, 0.25) is 0 Å². The van der Waals surface area contributed by atoms with Crippen molar-refractivity contribution in [2.75, 3.05) is 0 Å². The van der Waals surface area contributed by atoms with Crippen molar-refractivity contribution in [2.24, 2.45) is 7.05 Å². The van der Waals surface area contributed by atoms with Gasteiger partial charge in [0.05, 0.1) is 12.0 Å². The van der Waals surface area contributed by atoms with E-state index in [0.29, 0.717) is 0 Å². The minimum Gasteiger partial charge on any atom is -0.337 e. The third kappa shape index (κ3) is 3.31. The Hall–Kier alpha value is -0.840. The van der Waals surface area contributed by atoms with E-state index in [1.54, 1.807) is 6.33 Å². The van der Waals surface area contributed by atoms with Crippen molar-refractivity contribution in [2.45, 2.75) is 13.1 Å². The van der Waals surface area contributed by atoms with Gasteiger partial charge in [0.1, 0.15) is 0 Å². The summed E-state index contributed by atoms with van der Waals surface area (Å²) < 4.78 is 2.99. The molecule has 1 N–H and O–H groups in total. The lowest BCUT2D eigenvalue weighted by Crippen LogP contribution is -2.14. The maximum Gasteiger partial charge on any atom is 0.0945 e. The fourth-order valence-corrected chi connectivity index (χ4v) is 2.29. The monoisotopic (exact) mass is 313 g/mol. The lowest BCUT2D eigenvalue weighted by molar-refractivity contribution is 0.655. The van der Waals surface area contributed by atoms with E-state index in [-0.39, 0.29) is 0 Å². The SMILES string of the molecule is Cn1cncc1CNCc1ccc(Br)cc1Cl. The van der Waals surface area contributed by atoms with E-state index >= 15 is 0 Å². The zero-order chi connectivity index (χ0) is 12.3. The van der Waals surface area contributed by atoms with Crippen molar-refractivity contribution in [3.63, 3.8) is 0 Å². The first-order chi connectivity index (χ1) is 8.16. The van der Waals surface area contributed by atoms with Crippen LogP contribution >= 0.6 is 27.5 Å². The minimum absolute atomic E-state index is 0.747. The second-order valence-electron chi connectivity index (χ2n) is 3.84. The minimum atomic E-state index is 0.747. The van der Waals surface area contributed by atoms with E-state index < -0.39 is 0 Å². The van der Waals surface area contributed by atoms with Crippen LogP contribution in [0.2, 0.25) is 5.02 Å². The summed E-state index contributed by atoms with van der Waals surface area (Å²) in [4.78, 5) is 4.07. The third-order valence-electron chi connectivity index (χ3n) is 2.55. The van der Waals surface area contributed by atoms with Crippen molar-refractivity contribution in [1.82, 2.24) is 14.9 Å². The second kappa shape index (κ2) is 5.67. The standard InChI is InChI=1S/C12H13BrClN3/c1-17-8-16-7-11(17)6-15-5-9-2-3-10(13)4-12(9)14/h2-4,7-8,15H,5-6H2,1H3. The van der Waals surface area contributed by atoms with E-state index in [9.17, 15) is 0 Å². The first-order valence-corrected chi connectivity index (χ1v) is 6.44. The van der Waals surface area contributed by atoms with Crippen molar-refractivity contribution in [1.29, 1.82) is 0 Å². The van der Waals surface area contributed by atoms with Gasteiger partial charge in [-0.15, -0.1) is 0 Å². The average molecular weight is 315 g/mol. The van der Waals surface area contributed by atoms with Crippen LogP contribution in [0.4, 0.5) is 0 Å². The summed E-state index contributed by atoms with van der Waals surface area (Å²) in [5.74, 6) is 0. The Labute approximate surface area is 114 Å². The zero-order valence-corrected chi connectivity index (χ0v) is 11.8. The maximum absolute atomic E-state index is 6.13. The van der Waals surface area contributed by atoms with E-state index in [1.807, 2.05) is 36.0 Å². The largest absolute Gasteiger partial charge is 0.337 e. The highest BCUT2D eigenvalue weighted by Crippen LogP contribution is 2.21. The molecule has 0 aliphatic heterocycles. The fraction of sp³-hybridized carbons (Fsp3) is 0.250. The molecule has 0 atom stereocenters. The van der Waals surface area contributed by atoms with Crippen LogP contribution in [-0.2, 0) is 20.1 Å². The summed E-state index contributed by atoms with van der Waals surface area (Å²) in [6, 6.07) is 5.91. The van der Waals surface area contributed by atoms with Crippen LogP contribution in [0, 0.1) is 0 Å². The Kier molecular flexibility index (Phi) is 4.20. The number of benzene rings is 1. The molecule has 0 fully saturated rings. The van der Waals surface area contributed by atoms with Crippen LogP contribution in [0.5, 0.6) is 0 Å². The first kappa shape index (κ1) is 12.6. The van der Waals surface area contributed by atoms with Crippen molar-refractivity contribution in [3.8, 4) is 0 Å². The van der Waals surface area contributed by atoms with Gasteiger partial charge < -0.3 is 9.88 Å². The molecule has 0 bridgehead atoms. The summed E-state index contributed by atoms with van der Waals surface area (Å²) in [7, 11) is 1.98. The van der Waals surface area contributed by atoms with Gasteiger partial charge in [-0.3, -0.25) is 0 Å². The molecule has 17 heavy (non-hydrogen) atoms. The fourth-order valence-electron chi connectivity index (χ4n) is 1.55. The van der Waals surface area contributed by atoms with Gasteiger partial charge >= 0.3 is 0 Å². The van der Waals surface area contributed by atoms with Gasteiger partial charge in [-0.25, -0.2) is 4.98 Å². The van der Waals surface area contributed by atoms with Crippen molar-refractivity contribution < 1.29 is 0 Å². The molecule has 0 aliphatic rings. The van der Waals surface area contributed by atoms with E-state index in [4.69, 9.17) is 11.6 Å². The lowest BCUT2D eigenvalue weighted by Gasteiger charge is -2.07. The van der Waals surface area contributed by atoms with Crippen LogP contribution in [0.3, 0.4) is 0 Å². The summed E-state index contributed by atoms with van der Waals surface area (Å²) in [6.45, 7) is 1.53. The number of hydrogen-bond donors (Lipinski definition) is 1. The number of imidazole rings is 1. The van der Waals surface area contributed by atoms with Crippen LogP contribution in [-0.4, -0.2) is 9.55 Å². The smallest absolute Gasteiger partial charge is 0.0945 e. The Morgan fingerprint density at radius 2 is 2.24 bits per heavy atom. The van der Waals surface area contributed by atoms with Crippen molar-refractivity contribution >= 4 is 27.5 Å². The van der Waals surface area contributed by atoms with Gasteiger partial charge in [0.25, 0.3) is 0 Å². The molecule has 0 unspecified atom stereocenters. The average Bonchev–Trinajstić information content (AvgIpc) is 2.68. The Balaban J connectivity index is 1.92. The molecule has 5 heteroatoms. The maximum atomic E-state index is 6.13. The zero-order valence-electron chi connectivity index (χ0n) is 9.45. The van der Waals surface area contributed by atoms with Gasteiger partial charge in [-0.05, 0) is 17.7 Å². The Morgan fingerprint density at radius 3 is 2.88 bits per heavy atom. The predicted molar refractivity (Wildman–Crippen MR) is 72.9 cm³/mol. The number of nitrogens with one attached hydrogen (secondary N) is 1. The summed E-state index contributed by atoms with van der Waals surface area (Å²) in [5, 5.41) is 4.12.